The third kappa shape index (κ3) is 7.64. The van der Waals surface area contributed by atoms with Gasteiger partial charge in [0.15, 0.2) is 0 Å². The van der Waals surface area contributed by atoms with Gasteiger partial charge in [-0.2, -0.15) is 0 Å². The fraction of sp³-hybridized carbons (Fsp3) is 0.200. The van der Waals surface area contributed by atoms with Gasteiger partial charge < -0.3 is 20.9 Å². The summed E-state index contributed by atoms with van der Waals surface area (Å²) in [5.41, 5.74) is 11.9. The monoisotopic (exact) mass is 448 g/mol. The van der Waals surface area contributed by atoms with Gasteiger partial charge in [-0.25, -0.2) is 19.2 Å². The number of benzene rings is 2. The summed E-state index contributed by atoms with van der Waals surface area (Å²) in [6.45, 7) is 0. The second-order valence-electron chi connectivity index (χ2n) is 5.93. The first-order valence-electron chi connectivity index (χ1n) is 8.76. The number of carbonyl (C=O) groups is 4. The zero-order chi connectivity index (χ0) is 21.9. The molecule has 4 N–H and O–H groups in total. The molecule has 2 rings (SSSR count). The molecular formula is C20H20N2O6S2. The molecule has 2 atom stereocenters. The highest BCUT2D eigenvalue weighted by molar-refractivity contribution is 8.76. The quantitative estimate of drug-likeness (QED) is 0.253. The standard InChI is InChI=1S/C20H20N2O6S2/c21-15(19(25)27-17(23)13-7-3-1-4-8-13)11-29-30-12-16(22)20(26)28-18(24)14-9-5-2-6-10-14/h1-10,15-16H,11-12,21-22H2/t15-,16-/m0/s1. The summed E-state index contributed by atoms with van der Waals surface area (Å²) >= 11 is 0. The van der Waals surface area contributed by atoms with Crippen molar-refractivity contribution in [2.24, 2.45) is 11.5 Å². The Hall–Kier alpha value is -2.66. The predicted molar refractivity (Wildman–Crippen MR) is 115 cm³/mol. The van der Waals surface area contributed by atoms with Gasteiger partial charge in [0.1, 0.15) is 12.1 Å². The van der Waals surface area contributed by atoms with Crippen LogP contribution in [0.1, 0.15) is 20.7 Å². The SMILES string of the molecule is N[C@@H](CSSC[C@H](N)C(=O)OC(=O)c1ccccc1)C(=O)OC(=O)c1ccccc1. The summed E-state index contributed by atoms with van der Waals surface area (Å²) < 4.78 is 9.48. The number of esters is 4. The van der Waals surface area contributed by atoms with Crippen molar-refractivity contribution in [2.75, 3.05) is 11.5 Å². The van der Waals surface area contributed by atoms with E-state index in [4.69, 9.17) is 20.9 Å². The molecule has 10 heteroatoms. The molecule has 0 heterocycles. The van der Waals surface area contributed by atoms with Crippen LogP contribution >= 0.6 is 21.6 Å². The lowest BCUT2D eigenvalue weighted by Gasteiger charge is -2.12. The van der Waals surface area contributed by atoms with Gasteiger partial charge in [-0.1, -0.05) is 58.0 Å². The number of ether oxygens (including phenoxy) is 2. The van der Waals surface area contributed by atoms with Gasteiger partial charge in [0.25, 0.3) is 0 Å². The maximum Gasteiger partial charge on any atom is 0.345 e. The van der Waals surface area contributed by atoms with E-state index in [2.05, 4.69) is 0 Å². The van der Waals surface area contributed by atoms with E-state index in [0.29, 0.717) is 0 Å². The summed E-state index contributed by atoms with van der Waals surface area (Å²) in [4.78, 5) is 47.5. The zero-order valence-electron chi connectivity index (χ0n) is 15.8. The Morgan fingerprint density at radius 2 is 1.00 bits per heavy atom. The summed E-state index contributed by atoms with van der Waals surface area (Å²) in [5, 5.41) is 0. The Morgan fingerprint density at radius 1 is 0.667 bits per heavy atom. The minimum atomic E-state index is -1.03. The van der Waals surface area contributed by atoms with Crippen LogP contribution in [0.4, 0.5) is 0 Å². The lowest BCUT2D eigenvalue weighted by molar-refractivity contribution is -0.139. The van der Waals surface area contributed by atoms with Crippen LogP contribution in [0.25, 0.3) is 0 Å². The Labute approximate surface area is 181 Å². The molecule has 30 heavy (non-hydrogen) atoms. The van der Waals surface area contributed by atoms with Crippen LogP contribution in [0.2, 0.25) is 0 Å². The molecule has 0 spiro atoms. The van der Waals surface area contributed by atoms with Gasteiger partial charge in [0.05, 0.1) is 11.1 Å². The Morgan fingerprint density at radius 3 is 1.33 bits per heavy atom. The summed E-state index contributed by atoms with van der Waals surface area (Å²) in [5.74, 6) is -2.99. The van der Waals surface area contributed by atoms with E-state index in [1.165, 1.54) is 45.9 Å². The Balaban J connectivity index is 1.67. The molecule has 0 amide bonds. The van der Waals surface area contributed by atoms with Crippen molar-refractivity contribution in [3.63, 3.8) is 0 Å². The normalized spacial score (nSPS) is 12.5. The molecule has 0 aromatic heterocycles. The van der Waals surface area contributed by atoms with Crippen molar-refractivity contribution in [3.8, 4) is 0 Å². The molecule has 0 fully saturated rings. The van der Waals surface area contributed by atoms with Crippen LogP contribution in [-0.2, 0) is 19.1 Å². The lowest BCUT2D eigenvalue weighted by atomic mass is 10.2. The first-order chi connectivity index (χ1) is 14.4. The van der Waals surface area contributed by atoms with Gasteiger partial charge in [0, 0.05) is 11.5 Å². The average molecular weight is 449 g/mol. The Bertz CT molecular complexity index is 806. The van der Waals surface area contributed by atoms with Crippen LogP contribution in [0, 0.1) is 0 Å². The average Bonchev–Trinajstić information content (AvgIpc) is 2.77. The fourth-order valence-corrected chi connectivity index (χ4v) is 4.19. The molecule has 0 aliphatic rings. The second-order valence-corrected chi connectivity index (χ2v) is 8.48. The van der Waals surface area contributed by atoms with Gasteiger partial charge in [-0.15, -0.1) is 0 Å². The maximum atomic E-state index is 11.9. The van der Waals surface area contributed by atoms with Gasteiger partial charge in [-0.3, -0.25) is 0 Å². The number of rotatable bonds is 9. The molecule has 0 saturated heterocycles. The first kappa shape index (κ1) is 23.6. The molecule has 2 aromatic rings. The third-order valence-corrected chi connectivity index (χ3v) is 6.06. The molecule has 0 saturated carbocycles. The van der Waals surface area contributed by atoms with E-state index >= 15 is 0 Å². The lowest BCUT2D eigenvalue weighted by Crippen LogP contribution is -2.37. The van der Waals surface area contributed by atoms with Crippen molar-refractivity contribution in [1.29, 1.82) is 0 Å². The van der Waals surface area contributed by atoms with Crippen molar-refractivity contribution < 1.29 is 28.7 Å². The highest BCUT2D eigenvalue weighted by Crippen LogP contribution is 2.23. The van der Waals surface area contributed by atoms with Crippen LogP contribution in [0.5, 0.6) is 0 Å². The fourth-order valence-electron chi connectivity index (χ4n) is 1.98. The minimum absolute atomic E-state index is 0.135. The largest absolute Gasteiger partial charge is 0.388 e. The summed E-state index contributed by atoms with van der Waals surface area (Å²) in [6, 6.07) is 14.1. The van der Waals surface area contributed by atoms with Crippen molar-refractivity contribution in [2.45, 2.75) is 12.1 Å². The predicted octanol–water partition coefficient (Wildman–Crippen LogP) is 1.79. The minimum Gasteiger partial charge on any atom is -0.388 e. The highest BCUT2D eigenvalue weighted by atomic mass is 33.1. The summed E-state index contributed by atoms with van der Waals surface area (Å²) in [6.07, 6.45) is 0. The highest BCUT2D eigenvalue weighted by Gasteiger charge is 2.22. The molecular weight excluding hydrogens is 428 g/mol. The summed E-state index contributed by atoms with van der Waals surface area (Å²) in [7, 11) is 2.36. The molecule has 8 nitrogen and oxygen atoms in total. The second kappa shape index (κ2) is 12.1. The van der Waals surface area contributed by atoms with Gasteiger partial charge in [0.2, 0.25) is 0 Å². The molecule has 0 unspecified atom stereocenters. The van der Waals surface area contributed by atoms with Crippen molar-refractivity contribution >= 4 is 45.5 Å². The van der Waals surface area contributed by atoms with Crippen molar-refractivity contribution in [3.05, 3.63) is 71.8 Å². The number of hydrogen-bond acceptors (Lipinski definition) is 10. The first-order valence-corrected chi connectivity index (χ1v) is 11.2. The molecule has 158 valence electrons. The van der Waals surface area contributed by atoms with E-state index < -0.39 is 36.0 Å². The molecule has 2 aromatic carbocycles. The molecule has 0 aliphatic heterocycles. The smallest absolute Gasteiger partial charge is 0.345 e. The molecule has 0 radical (unpaired) electrons. The van der Waals surface area contributed by atoms with E-state index in [1.54, 1.807) is 36.4 Å². The third-order valence-electron chi connectivity index (χ3n) is 3.59. The number of hydrogen-bond donors (Lipinski definition) is 2. The van der Waals surface area contributed by atoms with E-state index in [1.807, 2.05) is 0 Å². The Kier molecular flexibility index (Phi) is 9.55. The molecule has 0 aliphatic carbocycles. The zero-order valence-corrected chi connectivity index (χ0v) is 17.4. The van der Waals surface area contributed by atoms with Crippen molar-refractivity contribution in [1.82, 2.24) is 0 Å². The van der Waals surface area contributed by atoms with Crippen LogP contribution in [0.3, 0.4) is 0 Å². The topological polar surface area (TPSA) is 139 Å². The van der Waals surface area contributed by atoms with Gasteiger partial charge in [-0.05, 0) is 24.3 Å². The maximum absolute atomic E-state index is 11.9. The van der Waals surface area contributed by atoms with Crippen LogP contribution < -0.4 is 11.5 Å². The van der Waals surface area contributed by atoms with Crippen LogP contribution in [-0.4, -0.2) is 47.5 Å². The van der Waals surface area contributed by atoms with Crippen LogP contribution in [0.15, 0.2) is 60.7 Å². The van der Waals surface area contributed by atoms with Gasteiger partial charge >= 0.3 is 23.9 Å². The number of carbonyl (C=O) groups excluding carboxylic acids is 4. The van der Waals surface area contributed by atoms with E-state index in [0.717, 1.165) is 0 Å². The molecule has 0 bridgehead atoms. The number of nitrogens with two attached hydrogens (primary N) is 2. The van der Waals surface area contributed by atoms with E-state index in [-0.39, 0.29) is 22.6 Å². The van der Waals surface area contributed by atoms with E-state index in [9.17, 15) is 19.2 Å².